The van der Waals surface area contributed by atoms with Gasteiger partial charge in [0.1, 0.15) is 0 Å². The van der Waals surface area contributed by atoms with Crippen molar-refractivity contribution in [2.75, 3.05) is 6.54 Å². The normalized spacial score (nSPS) is 28.4. The Labute approximate surface area is 100 Å². The molecule has 1 N–H and O–H groups in total. The number of nitriles is 1. The average molecular weight is 222 g/mol. The molecule has 1 aliphatic rings. The molecule has 0 aromatic carbocycles. The van der Waals surface area contributed by atoms with Crippen molar-refractivity contribution in [3.05, 3.63) is 0 Å². The Bertz CT molecular complexity index is 238. The standard InChI is InChI=1S/C14H26N2/c1-11(9-15)10-16-13-7-5-12(6-8-13)14(2,3)4/h11-13,16H,5-8,10H2,1-4H3. The molecule has 1 rings (SSSR count). The molecule has 1 saturated carbocycles. The van der Waals surface area contributed by atoms with Crippen LogP contribution in [0.2, 0.25) is 0 Å². The third-order valence-electron chi connectivity index (χ3n) is 3.89. The van der Waals surface area contributed by atoms with Crippen LogP contribution in [0, 0.1) is 28.6 Å². The van der Waals surface area contributed by atoms with Gasteiger partial charge in [0.25, 0.3) is 0 Å². The minimum absolute atomic E-state index is 0.139. The van der Waals surface area contributed by atoms with E-state index in [1.165, 1.54) is 25.7 Å². The smallest absolute Gasteiger partial charge is 0.0666 e. The van der Waals surface area contributed by atoms with Crippen molar-refractivity contribution in [3.63, 3.8) is 0 Å². The molecule has 0 aliphatic heterocycles. The van der Waals surface area contributed by atoms with Crippen LogP contribution < -0.4 is 5.32 Å². The quantitative estimate of drug-likeness (QED) is 0.795. The van der Waals surface area contributed by atoms with Crippen LogP contribution in [0.1, 0.15) is 53.4 Å². The lowest BCUT2D eigenvalue weighted by Gasteiger charge is -2.37. The summed E-state index contributed by atoms with van der Waals surface area (Å²) in [6.07, 6.45) is 5.23. The summed E-state index contributed by atoms with van der Waals surface area (Å²) >= 11 is 0. The summed E-state index contributed by atoms with van der Waals surface area (Å²) in [5.74, 6) is 1.01. The SMILES string of the molecule is CC(C#N)CNC1CCC(C(C)(C)C)CC1. The lowest BCUT2D eigenvalue weighted by Crippen LogP contribution is -2.37. The molecular formula is C14H26N2. The summed E-state index contributed by atoms with van der Waals surface area (Å²) in [4.78, 5) is 0. The van der Waals surface area contributed by atoms with Crippen LogP contribution in [0.3, 0.4) is 0 Å². The van der Waals surface area contributed by atoms with Crippen molar-refractivity contribution in [2.45, 2.75) is 59.4 Å². The molecule has 2 heteroatoms. The van der Waals surface area contributed by atoms with Gasteiger partial charge in [0.05, 0.1) is 12.0 Å². The van der Waals surface area contributed by atoms with E-state index in [2.05, 4.69) is 32.2 Å². The average Bonchev–Trinajstić information content (AvgIpc) is 2.25. The van der Waals surface area contributed by atoms with Crippen LogP contribution in [0.25, 0.3) is 0 Å². The first-order chi connectivity index (χ1) is 7.43. The van der Waals surface area contributed by atoms with Crippen LogP contribution in [0.4, 0.5) is 0 Å². The van der Waals surface area contributed by atoms with Crippen molar-refractivity contribution >= 4 is 0 Å². The Kier molecular flexibility index (Phi) is 4.80. The van der Waals surface area contributed by atoms with Crippen LogP contribution in [-0.2, 0) is 0 Å². The first kappa shape index (κ1) is 13.5. The molecule has 0 heterocycles. The molecule has 0 saturated heterocycles. The van der Waals surface area contributed by atoms with E-state index < -0.39 is 0 Å². The Morgan fingerprint density at radius 3 is 2.25 bits per heavy atom. The fraction of sp³-hybridized carbons (Fsp3) is 0.929. The van der Waals surface area contributed by atoms with Gasteiger partial charge in [-0.25, -0.2) is 0 Å². The minimum Gasteiger partial charge on any atom is -0.313 e. The van der Waals surface area contributed by atoms with E-state index in [4.69, 9.17) is 5.26 Å². The Hall–Kier alpha value is -0.550. The summed E-state index contributed by atoms with van der Waals surface area (Å²) in [6.45, 7) is 9.88. The highest BCUT2D eigenvalue weighted by Crippen LogP contribution is 2.37. The number of rotatable bonds is 3. The number of hydrogen-bond acceptors (Lipinski definition) is 2. The first-order valence-corrected chi connectivity index (χ1v) is 6.56. The van der Waals surface area contributed by atoms with Crippen LogP contribution in [0.15, 0.2) is 0 Å². The predicted octanol–water partition coefficient (Wildman–Crippen LogP) is 3.34. The zero-order valence-electron chi connectivity index (χ0n) is 11.2. The second kappa shape index (κ2) is 5.68. The van der Waals surface area contributed by atoms with E-state index in [0.29, 0.717) is 11.5 Å². The van der Waals surface area contributed by atoms with Gasteiger partial charge in [0.2, 0.25) is 0 Å². The van der Waals surface area contributed by atoms with Crippen molar-refractivity contribution in [2.24, 2.45) is 17.3 Å². The van der Waals surface area contributed by atoms with Gasteiger partial charge in [-0.05, 0) is 43.9 Å². The second-order valence-electron chi connectivity index (χ2n) is 6.35. The van der Waals surface area contributed by atoms with Crippen molar-refractivity contribution < 1.29 is 0 Å². The van der Waals surface area contributed by atoms with Crippen molar-refractivity contribution in [1.82, 2.24) is 5.32 Å². The maximum absolute atomic E-state index is 8.72. The van der Waals surface area contributed by atoms with Gasteiger partial charge in [0, 0.05) is 12.6 Å². The first-order valence-electron chi connectivity index (χ1n) is 6.56. The molecule has 0 radical (unpaired) electrons. The van der Waals surface area contributed by atoms with E-state index >= 15 is 0 Å². The third-order valence-corrected chi connectivity index (χ3v) is 3.89. The zero-order valence-corrected chi connectivity index (χ0v) is 11.2. The molecule has 0 bridgehead atoms. The van der Waals surface area contributed by atoms with Crippen molar-refractivity contribution in [3.8, 4) is 6.07 Å². The Morgan fingerprint density at radius 2 is 1.81 bits per heavy atom. The Balaban J connectivity index is 2.25. The van der Waals surface area contributed by atoms with Gasteiger partial charge in [-0.15, -0.1) is 0 Å². The maximum atomic E-state index is 8.72. The topological polar surface area (TPSA) is 35.8 Å². The number of nitrogens with one attached hydrogen (secondary N) is 1. The van der Waals surface area contributed by atoms with E-state index in [1.807, 2.05) is 6.92 Å². The Morgan fingerprint density at radius 1 is 1.25 bits per heavy atom. The van der Waals surface area contributed by atoms with Crippen molar-refractivity contribution in [1.29, 1.82) is 5.26 Å². The molecule has 1 aliphatic carbocycles. The minimum atomic E-state index is 0.139. The van der Waals surface area contributed by atoms with Gasteiger partial charge in [-0.1, -0.05) is 20.8 Å². The highest BCUT2D eigenvalue weighted by molar-refractivity contribution is 4.86. The maximum Gasteiger partial charge on any atom is 0.0666 e. The van der Waals surface area contributed by atoms with Gasteiger partial charge >= 0.3 is 0 Å². The summed E-state index contributed by atoms with van der Waals surface area (Å²) in [7, 11) is 0. The van der Waals surface area contributed by atoms with Crippen LogP contribution >= 0.6 is 0 Å². The van der Waals surface area contributed by atoms with E-state index in [9.17, 15) is 0 Å². The lowest BCUT2D eigenvalue weighted by molar-refractivity contribution is 0.159. The summed E-state index contributed by atoms with van der Waals surface area (Å²) in [6, 6.07) is 2.92. The fourth-order valence-electron chi connectivity index (χ4n) is 2.55. The molecule has 1 unspecified atom stereocenters. The van der Waals surface area contributed by atoms with Crippen LogP contribution in [0.5, 0.6) is 0 Å². The van der Waals surface area contributed by atoms with E-state index in [0.717, 1.165) is 12.5 Å². The monoisotopic (exact) mass is 222 g/mol. The largest absolute Gasteiger partial charge is 0.313 e. The second-order valence-corrected chi connectivity index (χ2v) is 6.35. The van der Waals surface area contributed by atoms with Crippen LogP contribution in [-0.4, -0.2) is 12.6 Å². The summed E-state index contributed by atoms with van der Waals surface area (Å²) in [5, 5.41) is 12.2. The summed E-state index contributed by atoms with van der Waals surface area (Å²) in [5.41, 5.74) is 0.463. The van der Waals surface area contributed by atoms with Gasteiger partial charge in [-0.3, -0.25) is 0 Å². The highest BCUT2D eigenvalue weighted by Gasteiger charge is 2.29. The summed E-state index contributed by atoms with van der Waals surface area (Å²) < 4.78 is 0. The molecule has 2 nitrogen and oxygen atoms in total. The fourth-order valence-corrected chi connectivity index (χ4v) is 2.55. The van der Waals surface area contributed by atoms with Gasteiger partial charge in [-0.2, -0.15) is 5.26 Å². The number of hydrogen-bond donors (Lipinski definition) is 1. The van der Waals surface area contributed by atoms with Gasteiger partial charge < -0.3 is 5.32 Å². The molecule has 1 atom stereocenters. The molecule has 92 valence electrons. The molecule has 16 heavy (non-hydrogen) atoms. The molecular weight excluding hydrogens is 196 g/mol. The predicted molar refractivity (Wildman–Crippen MR) is 68.0 cm³/mol. The third kappa shape index (κ3) is 4.14. The molecule has 0 aromatic rings. The van der Waals surface area contributed by atoms with Gasteiger partial charge in [0.15, 0.2) is 0 Å². The molecule has 0 amide bonds. The van der Waals surface area contributed by atoms with E-state index in [-0.39, 0.29) is 5.92 Å². The lowest BCUT2D eigenvalue weighted by atomic mass is 9.71. The molecule has 1 fully saturated rings. The molecule has 0 aromatic heterocycles. The highest BCUT2D eigenvalue weighted by atomic mass is 14.9. The van der Waals surface area contributed by atoms with E-state index in [1.54, 1.807) is 0 Å². The molecule has 0 spiro atoms. The zero-order chi connectivity index (χ0) is 12.2. The number of nitrogens with zero attached hydrogens (tertiary/aromatic N) is 1.